The monoisotopic (exact) mass is 292 g/mol. The van der Waals surface area contributed by atoms with Gasteiger partial charge in [0.1, 0.15) is 10.9 Å². The summed E-state index contributed by atoms with van der Waals surface area (Å²) in [6, 6.07) is 9.99. The van der Waals surface area contributed by atoms with Gasteiger partial charge in [-0.1, -0.05) is 19.1 Å². The zero-order valence-corrected chi connectivity index (χ0v) is 11.1. The largest absolute Gasteiger partial charge is 0.303 e. The molecule has 1 heterocycles. The van der Waals surface area contributed by atoms with E-state index in [1.807, 2.05) is 41.9 Å². The number of rotatable bonds is 4. The fourth-order valence-electron chi connectivity index (χ4n) is 1.70. The Morgan fingerprint density at radius 1 is 1.35 bits per heavy atom. The van der Waals surface area contributed by atoms with E-state index in [2.05, 4.69) is 21.0 Å². The zero-order valence-electron chi connectivity index (χ0n) is 9.51. The van der Waals surface area contributed by atoms with E-state index in [0.717, 1.165) is 16.6 Å². The van der Waals surface area contributed by atoms with Crippen LogP contribution >= 0.6 is 15.9 Å². The minimum atomic E-state index is 0.266. The summed E-state index contributed by atoms with van der Waals surface area (Å²) < 4.78 is 2.74. The first-order valence-electron chi connectivity index (χ1n) is 5.46. The highest BCUT2D eigenvalue weighted by Crippen LogP contribution is 2.21. The van der Waals surface area contributed by atoms with Gasteiger partial charge in [-0.15, -0.1) is 0 Å². The molecule has 2 aromatic rings. The number of aldehydes is 1. The number of hydrogen-bond donors (Lipinski definition) is 0. The molecule has 0 aliphatic heterocycles. The molecule has 0 saturated heterocycles. The summed E-state index contributed by atoms with van der Waals surface area (Å²) in [6.45, 7) is 2.05. The summed E-state index contributed by atoms with van der Waals surface area (Å²) in [5, 5.41) is 4.21. The predicted octanol–water partition coefficient (Wildman–Crippen LogP) is 3.33. The number of halogens is 1. The molecule has 1 aromatic carbocycles. The summed E-state index contributed by atoms with van der Waals surface area (Å²) in [5.41, 5.74) is 2.17. The van der Waals surface area contributed by atoms with Gasteiger partial charge in [0.25, 0.3) is 0 Å². The van der Waals surface area contributed by atoms with Crippen LogP contribution < -0.4 is 0 Å². The standard InChI is InChI=1S/C13H13BrN2O/c1-10(7-9-17)11-2-4-12(5-3-11)16-13(14)6-8-15-16/h2-6,8-10H,7H2,1H3. The normalized spacial score (nSPS) is 12.4. The summed E-state index contributed by atoms with van der Waals surface area (Å²) in [6.07, 6.45) is 3.26. The van der Waals surface area contributed by atoms with E-state index in [1.54, 1.807) is 6.20 Å². The van der Waals surface area contributed by atoms with E-state index in [-0.39, 0.29) is 5.92 Å². The van der Waals surface area contributed by atoms with Crippen molar-refractivity contribution in [2.24, 2.45) is 0 Å². The van der Waals surface area contributed by atoms with Crippen LogP contribution in [0.4, 0.5) is 0 Å². The molecule has 3 nitrogen and oxygen atoms in total. The lowest BCUT2D eigenvalue weighted by molar-refractivity contribution is -0.108. The van der Waals surface area contributed by atoms with Crippen LogP contribution in [0, 0.1) is 0 Å². The van der Waals surface area contributed by atoms with Crippen molar-refractivity contribution in [3.63, 3.8) is 0 Å². The van der Waals surface area contributed by atoms with Gasteiger partial charge >= 0.3 is 0 Å². The van der Waals surface area contributed by atoms with Gasteiger partial charge in [0.2, 0.25) is 0 Å². The summed E-state index contributed by atoms with van der Waals surface area (Å²) in [4.78, 5) is 10.5. The van der Waals surface area contributed by atoms with Gasteiger partial charge in [-0.25, -0.2) is 4.68 Å². The molecule has 17 heavy (non-hydrogen) atoms. The van der Waals surface area contributed by atoms with Crippen molar-refractivity contribution in [3.8, 4) is 5.69 Å². The maximum Gasteiger partial charge on any atom is 0.120 e. The summed E-state index contributed by atoms with van der Waals surface area (Å²) in [5.74, 6) is 0.266. The Morgan fingerprint density at radius 3 is 2.59 bits per heavy atom. The van der Waals surface area contributed by atoms with Crippen LogP contribution in [-0.4, -0.2) is 16.1 Å². The molecule has 0 N–H and O–H groups in total. The second-order valence-corrected chi connectivity index (χ2v) is 4.77. The Hall–Kier alpha value is -1.42. The lowest BCUT2D eigenvalue weighted by atomic mass is 9.98. The van der Waals surface area contributed by atoms with Gasteiger partial charge in [-0.2, -0.15) is 5.10 Å². The quantitative estimate of drug-likeness (QED) is 0.810. The highest BCUT2D eigenvalue weighted by Gasteiger charge is 2.06. The summed E-state index contributed by atoms with van der Waals surface area (Å²) in [7, 11) is 0. The molecule has 1 aromatic heterocycles. The average Bonchev–Trinajstić information content (AvgIpc) is 2.76. The number of carbonyl (C=O) groups is 1. The molecular weight excluding hydrogens is 280 g/mol. The van der Waals surface area contributed by atoms with E-state index in [0.29, 0.717) is 6.42 Å². The van der Waals surface area contributed by atoms with Crippen molar-refractivity contribution in [2.45, 2.75) is 19.3 Å². The Labute approximate surface area is 109 Å². The van der Waals surface area contributed by atoms with Crippen molar-refractivity contribution >= 4 is 22.2 Å². The van der Waals surface area contributed by atoms with Crippen LogP contribution in [0.5, 0.6) is 0 Å². The number of hydrogen-bond acceptors (Lipinski definition) is 2. The van der Waals surface area contributed by atoms with Crippen molar-refractivity contribution in [1.82, 2.24) is 9.78 Å². The average molecular weight is 293 g/mol. The van der Waals surface area contributed by atoms with Gasteiger partial charge < -0.3 is 4.79 Å². The van der Waals surface area contributed by atoms with Crippen LogP contribution in [0.2, 0.25) is 0 Å². The fourth-order valence-corrected chi connectivity index (χ4v) is 2.12. The third-order valence-corrected chi connectivity index (χ3v) is 3.35. The van der Waals surface area contributed by atoms with E-state index >= 15 is 0 Å². The first-order chi connectivity index (χ1) is 8.22. The summed E-state index contributed by atoms with van der Waals surface area (Å²) >= 11 is 3.43. The number of benzene rings is 1. The van der Waals surface area contributed by atoms with Crippen LogP contribution in [0.3, 0.4) is 0 Å². The number of aromatic nitrogens is 2. The molecule has 0 amide bonds. The Balaban J connectivity index is 2.24. The SMILES string of the molecule is CC(CC=O)c1ccc(-n2nccc2Br)cc1. The van der Waals surface area contributed by atoms with Gasteiger partial charge in [0.15, 0.2) is 0 Å². The maximum atomic E-state index is 10.5. The Bertz CT molecular complexity index is 504. The fraction of sp³-hybridized carbons (Fsp3) is 0.231. The molecule has 0 bridgehead atoms. The van der Waals surface area contributed by atoms with Crippen molar-refractivity contribution in [1.29, 1.82) is 0 Å². The molecule has 2 rings (SSSR count). The van der Waals surface area contributed by atoms with Crippen LogP contribution in [0.1, 0.15) is 24.8 Å². The van der Waals surface area contributed by atoms with Gasteiger partial charge in [-0.05, 0) is 45.6 Å². The third-order valence-electron chi connectivity index (χ3n) is 2.75. The molecule has 4 heteroatoms. The molecule has 0 aliphatic carbocycles. The first kappa shape index (κ1) is 12.0. The van der Waals surface area contributed by atoms with Crippen LogP contribution in [0.25, 0.3) is 5.69 Å². The zero-order chi connectivity index (χ0) is 12.3. The highest BCUT2D eigenvalue weighted by molar-refractivity contribution is 9.10. The lowest BCUT2D eigenvalue weighted by Gasteiger charge is -2.09. The Kier molecular flexibility index (Phi) is 3.74. The molecule has 0 spiro atoms. The predicted molar refractivity (Wildman–Crippen MR) is 70.4 cm³/mol. The topological polar surface area (TPSA) is 34.9 Å². The van der Waals surface area contributed by atoms with E-state index in [1.165, 1.54) is 5.56 Å². The molecule has 1 atom stereocenters. The number of nitrogens with zero attached hydrogens (tertiary/aromatic N) is 2. The van der Waals surface area contributed by atoms with E-state index in [4.69, 9.17) is 0 Å². The first-order valence-corrected chi connectivity index (χ1v) is 6.25. The smallest absolute Gasteiger partial charge is 0.120 e. The highest BCUT2D eigenvalue weighted by atomic mass is 79.9. The maximum absolute atomic E-state index is 10.5. The molecule has 0 aliphatic rings. The number of carbonyl (C=O) groups excluding carboxylic acids is 1. The van der Waals surface area contributed by atoms with E-state index < -0.39 is 0 Å². The molecule has 88 valence electrons. The van der Waals surface area contributed by atoms with E-state index in [9.17, 15) is 4.79 Å². The molecule has 0 saturated carbocycles. The van der Waals surface area contributed by atoms with Crippen molar-refractivity contribution in [2.75, 3.05) is 0 Å². The third kappa shape index (κ3) is 2.64. The van der Waals surface area contributed by atoms with Crippen molar-refractivity contribution in [3.05, 3.63) is 46.7 Å². The molecule has 1 unspecified atom stereocenters. The lowest BCUT2D eigenvalue weighted by Crippen LogP contribution is -1.98. The van der Waals surface area contributed by atoms with Crippen LogP contribution in [-0.2, 0) is 4.79 Å². The molecule has 0 radical (unpaired) electrons. The Morgan fingerprint density at radius 2 is 2.06 bits per heavy atom. The van der Waals surface area contributed by atoms with Crippen LogP contribution in [0.15, 0.2) is 41.1 Å². The van der Waals surface area contributed by atoms with Gasteiger partial charge in [0, 0.05) is 6.42 Å². The minimum absolute atomic E-state index is 0.266. The second kappa shape index (κ2) is 5.27. The molecule has 0 fully saturated rings. The van der Waals surface area contributed by atoms with Gasteiger partial charge in [-0.3, -0.25) is 0 Å². The molecular formula is C13H13BrN2O. The van der Waals surface area contributed by atoms with Gasteiger partial charge in [0.05, 0.1) is 11.9 Å². The van der Waals surface area contributed by atoms with Crippen molar-refractivity contribution < 1.29 is 4.79 Å². The second-order valence-electron chi connectivity index (χ2n) is 3.96. The minimum Gasteiger partial charge on any atom is -0.303 e.